The van der Waals surface area contributed by atoms with Gasteiger partial charge >= 0.3 is 0 Å². The van der Waals surface area contributed by atoms with E-state index in [1.54, 1.807) is 0 Å². The Hall–Kier alpha value is -0.570. The molecule has 0 aromatic heterocycles. The maximum Gasteiger partial charge on any atom is 0.228 e. The van der Waals surface area contributed by atoms with Gasteiger partial charge in [-0.2, -0.15) is 0 Å². The van der Waals surface area contributed by atoms with Gasteiger partial charge in [0.15, 0.2) is 0 Å². The summed E-state index contributed by atoms with van der Waals surface area (Å²) in [6.07, 6.45) is 3.03. The highest BCUT2D eigenvalue weighted by atomic mass is 16.5. The largest absolute Gasteiger partial charge is 0.380 e. The van der Waals surface area contributed by atoms with Gasteiger partial charge in [-0.05, 0) is 19.8 Å². The van der Waals surface area contributed by atoms with Crippen LogP contribution in [0.25, 0.3) is 0 Å². The maximum atomic E-state index is 11.7. The quantitative estimate of drug-likeness (QED) is 0.671. The lowest BCUT2D eigenvalue weighted by Gasteiger charge is -2.20. The van der Waals surface area contributed by atoms with Crippen molar-refractivity contribution in [3.8, 4) is 0 Å². The summed E-state index contributed by atoms with van der Waals surface area (Å²) in [6.45, 7) is 6.18. The summed E-state index contributed by atoms with van der Waals surface area (Å²) < 4.78 is 5.23. The van der Waals surface area contributed by atoms with Crippen molar-refractivity contribution in [2.45, 2.75) is 33.1 Å². The molecule has 1 rings (SSSR count). The van der Waals surface area contributed by atoms with Crippen LogP contribution in [0.2, 0.25) is 0 Å². The van der Waals surface area contributed by atoms with Crippen LogP contribution in [0, 0.1) is 5.41 Å². The molecule has 1 amide bonds. The van der Waals surface area contributed by atoms with Gasteiger partial charge in [-0.3, -0.25) is 4.79 Å². The van der Waals surface area contributed by atoms with E-state index in [9.17, 15) is 4.79 Å². The number of unbranched alkanes of at least 4 members (excludes halogenated alkanes) is 1. The second-order valence-electron chi connectivity index (χ2n) is 3.97. The van der Waals surface area contributed by atoms with E-state index in [2.05, 4.69) is 12.2 Å². The average molecular weight is 185 g/mol. The van der Waals surface area contributed by atoms with Crippen molar-refractivity contribution in [3.63, 3.8) is 0 Å². The van der Waals surface area contributed by atoms with E-state index in [4.69, 9.17) is 4.74 Å². The van der Waals surface area contributed by atoms with Gasteiger partial charge in [-0.25, -0.2) is 0 Å². The van der Waals surface area contributed by atoms with Gasteiger partial charge in [0.05, 0.1) is 12.0 Å². The summed E-state index contributed by atoms with van der Waals surface area (Å²) in [7, 11) is 0. The molecular weight excluding hydrogens is 166 g/mol. The SMILES string of the molecule is CCCCNC(=O)C1(C)CCOC1. The molecule has 0 aromatic rings. The third-order valence-electron chi connectivity index (χ3n) is 2.58. The van der Waals surface area contributed by atoms with Crippen LogP contribution in [0.5, 0.6) is 0 Å². The molecule has 3 heteroatoms. The van der Waals surface area contributed by atoms with E-state index >= 15 is 0 Å². The van der Waals surface area contributed by atoms with Crippen LogP contribution in [0.15, 0.2) is 0 Å². The molecule has 13 heavy (non-hydrogen) atoms. The molecule has 1 atom stereocenters. The first-order valence-corrected chi connectivity index (χ1v) is 5.05. The van der Waals surface area contributed by atoms with Crippen LogP contribution in [-0.2, 0) is 9.53 Å². The number of carbonyl (C=O) groups excluding carboxylic acids is 1. The zero-order valence-electron chi connectivity index (χ0n) is 8.56. The summed E-state index contributed by atoms with van der Waals surface area (Å²) in [5.74, 6) is 0.151. The fourth-order valence-electron chi connectivity index (χ4n) is 1.44. The number of amides is 1. The van der Waals surface area contributed by atoms with Crippen molar-refractivity contribution in [2.24, 2.45) is 5.41 Å². The fourth-order valence-corrected chi connectivity index (χ4v) is 1.44. The standard InChI is InChI=1S/C10H19NO2/c1-3-4-6-11-9(12)10(2)5-7-13-8-10/h3-8H2,1-2H3,(H,11,12). The van der Waals surface area contributed by atoms with Gasteiger partial charge in [0.2, 0.25) is 5.91 Å². The molecule has 0 aliphatic carbocycles. The molecule has 1 unspecified atom stereocenters. The highest BCUT2D eigenvalue weighted by molar-refractivity contribution is 5.82. The Morgan fingerprint density at radius 3 is 2.92 bits per heavy atom. The number of ether oxygens (including phenoxy) is 1. The minimum Gasteiger partial charge on any atom is -0.380 e. The lowest BCUT2D eigenvalue weighted by molar-refractivity contribution is -0.130. The topological polar surface area (TPSA) is 38.3 Å². The Bertz CT molecular complexity index is 174. The fraction of sp³-hybridized carbons (Fsp3) is 0.900. The highest BCUT2D eigenvalue weighted by Gasteiger charge is 2.36. The summed E-state index contributed by atoms with van der Waals surface area (Å²) in [6, 6.07) is 0. The summed E-state index contributed by atoms with van der Waals surface area (Å²) >= 11 is 0. The maximum absolute atomic E-state index is 11.7. The third-order valence-corrected chi connectivity index (χ3v) is 2.58. The number of nitrogens with one attached hydrogen (secondary N) is 1. The van der Waals surface area contributed by atoms with Crippen molar-refractivity contribution in [2.75, 3.05) is 19.8 Å². The molecule has 0 spiro atoms. The second kappa shape index (κ2) is 4.61. The molecule has 0 aromatic carbocycles. The minimum absolute atomic E-state index is 0.151. The molecule has 0 bridgehead atoms. The van der Waals surface area contributed by atoms with Gasteiger partial charge in [-0.15, -0.1) is 0 Å². The van der Waals surface area contributed by atoms with Crippen LogP contribution >= 0.6 is 0 Å². The number of hydrogen-bond acceptors (Lipinski definition) is 2. The number of hydrogen-bond donors (Lipinski definition) is 1. The van der Waals surface area contributed by atoms with Gasteiger partial charge in [0.1, 0.15) is 0 Å². The molecule has 1 N–H and O–H groups in total. The van der Waals surface area contributed by atoms with E-state index < -0.39 is 0 Å². The lowest BCUT2D eigenvalue weighted by atomic mass is 9.89. The van der Waals surface area contributed by atoms with E-state index in [1.165, 1.54) is 0 Å². The first-order valence-electron chi connectivity index (χ1n) is 5.05. The molecule has 1 aliphatic rings. The molecule has 76 valence electrons. The van der Waals surface area contributed by atoms with Crippen LogP contribution in [0.4, 0.5) is 0 Å². The Balaban J connectivity index is 2.29. The second-order valence-corrected chi connectivity index (χ2v) is 3.97. The molecule has 1 saturated heterocycles. The summed E-state index contributed by atoms with van der Waals surface area (Å²) in [4.78, 5) is 11.7. The number of carbonyl (C=O) groups is 1. The van der Waals surface area contributed by atoms with Crippen LogP contribution in [0.3, 0.4) is 0 Å². The Morgan fingerprint density at radius 1 is 1.62 bits per heavy atom. The van der Waals surface area contributed by atoms with Gasteiger partial charge in [-0.1, -0.05) is 13.3 Å². The zero-order valence-corrected chi connectivity index (χ0v) is 8.56. The first kappa shape index (κ1) is 10.5. The van der Waals surface area contributed by atoms with Crippen LogP contribution in [0.1, 0.15) is 33.1 Å². The van der Waals surface area contributed by atoms with Crippen molar-refractivity contribution >= 4 is 5.91 Å². The third kappa shape index (κ3) is 2.69. The Labute approximate surface area is 79.8 Å². The predicted molar refractivity (Wildman–Crippen MR) is 51.5 cm³/mol. The van der Waals surface area contributed by atoms with E-state index in [-0.39, 0.29) is 11.3 Å². The lowest BCUT2D eigenvalue weighted by Crippen LogP contribution is -2.39. The van der Waals surface area contributed by atoms with Gasteiger partial charge < -0.3 is 10.1 Å². The van der Waals surface area contributed by atoms with Crippen molar-refractivity contribution in [1.82, 2.24) is 5.32 Å². The minimum atomic E-state index is -0.270. The monoisotopic (exact) mass is 185 g/mol. The molecular formula is C10H19NO2. The van der Waals surface area contributed by atoms with Crippen LogP contribution < -0.4 is 5.32 Å². The molecule has 0 saturated carbocycles. The van der Waals surface area contributed by atoms with Crippen molar-refractivity contribution in [1.29, 1.82) is 0 Å². The van der Waals surface area contributed by atoms with Crippen molar-refractivity contribution in [3.05, 3.63) is 0 Å². The Kier molecular flexibility index (Phi) is 3.72. The van der Waals surface area contributed by atoms with Gasteiger partial charge in [0, 0.05) is 13.2 Å². The van der Waals surface area contributed by atoms with E-state index in [1.807, 2.05) is 6.92 Å². The molecule has 1 heterocycles. The average Bonchev–Trinajstić information content (AvgIpc) is 2.54. The Morgan fingerprint density at radius 2 is 2.38 bits per heavy atom. The highest BCUT2D eigenvalue weighted by Crippen LogP contribution is 2.27. The molecule has 3 nitrogen and oxygen atoms in total. The number of rotatable bonds is 4. The van der Waals surface area contributed by atoms with E-state index in [0.717, 1.165) is 32.4 Å². The zero-order chi connectivity index (χ0) is 9.73. The molecule has 1 fully saturated rings. The van der Waals surface area contributed by atoms with Crippen LogP contribution in [-0.4, -0.2) is 25.7 Å². The molecule has 1 aliphatic heterocycles. The summed E-state index contributed by atoms with van der Waals surface area (Å²) in [5, 5.41) is 2.95. The van der Waals surface area contributed by atoms with Gasteiger partial charge in [0.25, 0.3) is 0 Å². The van der Waals surface area contributed by atoms with Crippen molar-refractivity contribution < 1.29 is 9.53 Å². The predicted octanol–water partition coefficient (Wildman–Crippen LogP) is 1.33. The van der Waals surface area contributed by atoms with E-state index in [0.29, 0.717) is 6.61 Å². The summed E-state index contributed by atoms with van der Waals surface area (Å²) in [5.41, 5.74) is -0.270. The smallest absolute Gasteiger partial charge is 0.228 e. The first-order chi connectivity index (χ1) is 6.19. The normalized spacial score (nSPS) is 27.5. The molecule has 0 radical (unpaired) electrons.